The van der Waals surface area contributed by atoms with E-state index in [-0.39, 0.29) is 42.8 Å². The number of sulfonamides is 1. The van der Waals surface area contributed by atoms with Gasteiger partial charge in [-0.15, -0.1) is 0 Å². The fraction of sp³-hybridized carbons (Fsp3) is 0.300. The topological polar surface area (TPSA) is 137 Å². The predicted octanol–water partition coefficient (Wildman–Crippen LogP) is 3.96. The number of nitrogens with one attached hydrogen (secondary N) is 2. The number of ether oxygens (including phenoxy) is 1. The largest absolute Gasteiger partial charge is 0.480 e. The minimum Gasteiger partial charge on any atom is -0.480 e. The van der Waals surface area contributed by atoms with Gasteiger partial charge in [-0.2, -0.15) is 0 Å². The molecule has 1 aliphatic carbocycles. The number of fused-ring (bicyclic) bond motifs is 3. The number of alkyl carbamates (subject to hydrolysis) is 1. The number of carboxylic acid groups (broad SMARTS) is 1. The molecule has 0 bridgehead atoms. The number of amides is 1. The lowest BCUT2D eigenvalue weighted by Gasteiger charge is -2.19. The minimum atomic E-state index is -3.84. The zero-order chi connectivity index (χ0) is 29.6. The predicted molar refractivity (Wildman–Crippen MR) is 156 cm³/mol. The first-order valence-electron chi connectivity index (χ1n) is 13.2. The van der Waals surface area contributed by atoms with E-state index >= 15 is 0 Å². The number of nitrogens with zero attached hydrogens (tertiary/aromatic N) is 2. The number of benzene rings is 3. The Labute approximate surface area is 240 Å². The van der Waals surface area contributed by atoms with Gasteiger partial charge >= 0.3 is 12.1 Å². The number of guanidine groups is 1. The van der Waals surface area contributed by atoms with Crippen LogP contribution in [0.3, 0.4) is 0 Å². The Balaban J connectivity index is 1.31. The normalized spacial score (nSPS) is 13.6. The highest BCUT2D eigenvalue weighted by molar-refractivity contribution is 7.90. The molecule has 1 amide bonds. The molecule has 4 rings (SSSR count). The van der Waals surface area contributed by atoms with Crippen molar-refractivity contribution in [2.75, 3.05) is 27.2 Å². The fourth-order valence-corrected chi connectivity index (χ4v) is 5.78. The molecule has 41 heavy (non-hydrogen) atoms. The molecule has 0 radical (unpaired) electrons. The van der Waals surface area contributed by atoms with Crippen molar-refractivity contribution >= 4 is 28.0 Å². The molecule has 10 nitrogen and oxygen atoms in total. The second-order valence-corrected chi connectivity index (χ2v) is 11.7. The zero-order valence-electron chi connectivity index (χ0n) is 23.2. The highest BCUT2D eigenvalue weighted by Gasteiger charge is 2.29. The van der Waals surface area contributed by atoms with Crippen LogP contribution < -0.4 is 10.0 Å². The quantitative estimate of drug-likeness (QED) is 0.188. The maximum absolute atomic E-state index is 12.7. The van der Waals surface area contributed by atoms with Crippen molar-refractivity contribution in [3.8, 4) is 11.1 Å². The Morgan fingerprint density at radius 2 is 1.56 bits per heavy atom. The zero-order valence-corrected chi connectivity index (χ0v) is 24.0. The van der Waals surface area contributed by atoms with Gasteiger partial charge in [0.2, 0.25) is 5.96 Å². The van der Waals surface area contributed by atoms with E-state index < -0.39 is 28.1 Å². The smallest absolute Gasteiger partial charge is 0.407 e. The number of carbonyl (C=O) groups excluding carboxylic acids is 1. The highest BCUT2D eigenvalue weighted by atomic mass is 32.2. The van der Waals surface area contributed by atoms with Crippen LogP contribution in [-0.2, 0) is 19.6 Å². The van der Waals surface area contributed by atoms with Crippen LogP contribution in [0.5, 0.6) is 0 Å². The van der Waals surface area contributed by atoms with E-state index in [0.717, 1.165) is 27.8 Å². The summed E-state index contributed by atoms with van der Waals surface area (Å²) in [5, 5.41) is 12.1. The lowest BCUT2D eigenvalue weighted by atomic mass is 9.98. The third-order valence-electron chi connectivity index (χ3n) is 6.83. The molecule has 0 heterocycles. The van der Waals surface area contributed by atoms with Crippen LogP contribution in [0.2, 0.25) is 0 Å². The highest BCUT2D eigenvalue weighted by Crippen LogP contribution is 2.44. The minimum absolute atomic E-state index is 0.0732. The molecule has 0 unspecified atom stereocenters. The van der Waals surface area contributed by atoms with Crippen molar-refractivity contribution in [2.45, 2.75) is 36.6 Å². The van der Waals surface area contributed by atoms with E-state index in [1.165, 1.54) is 17.0 Å². The van der Waals surface area contributed by atoms with Crippen LogP contribution in [-0.4, -0.2) is 69.7 Å². The van der Waals surface area contributed by atoms with Crippen LogP contribution in [0, 0.1) is 6.92 Å². The van der Waals surface area contributed by atoms with Gasteiger partial charge in [0.05, 0.1) is 4.90 Å². The molecular weight excluding hydrogens is 544 g/mol. The molecule has 0 aliphatic heterocycles. The summed E-state index contributed by atoms with van der Waals surface area (Å²) < 4.78 is 33.4. The summed E-state index contributed by atoms with van der Waals surface area (Å²) in [5.74, 6) is -1.23. The molecule has 3 aromatic carbocycles. The lowest BCUT2D eigenvalue weighted by Crippen LogP contribution is -2.42. The van der Waals surface area contributed by atoms with Gasteiger partial charge in [-0.25, -0.2) is 22.7 Å². The summed E-state index contributed by atoms with van der Waals surface area (Å²) in [7, 11) is -0.549. The first-order valence-corrected chi connectivity index (χ1v) is 14.7. The van der Waals surface area contributed by atoms with Gasteiger partial charge in [-0.3, -0.25) is 4.99 Å². The molecule has 0 fully saturated rings. The van der Waals surface area contributed by atoms with Crippen LogP contribution in [0.4, 0.5) is 4.79 Å². The summed E-state index contributed by atoms with van der Waals surface area (Å²) >= 11 is 0. The van der Waals surface area contributed by atoms with Crippen LogP contribution in [0.15, 0.2) is 82.7 Å². The van der Waals surface area contributed by atoms with E-state index in [1.807, 2.05) is 55.5 Å². The summed E-state index contributed by atoms with van der Waals surface area (Å²) in [4.78, 5) is 30.3. The monoisotopic (exact) mass is 578 g/mol. The van der Waals surface area contributed by atoms with Gasteiger partial charge < -0.3 is 20.1 Å². The molecule has 1 atom stereocenters. The molecule has 0 spiro atoms. The maximum atomic E-state index is 12.7. The van der Waals surface area contributed by atoms with Crippen LogP contribution >= 0.6 is 0 Å². The average molecular weight is 579 g/mol. The molecule has 0 aromatic heterocycles. The second-order valence-electron chi connectivity index (χ2n) is 10.0. The van der Waals surface area contributed by atoms with Gasteiger partial charge in [0, 0.05) is 26.6 Å². The molecule has 3 N–H and O–H groups in total. The Hall–Kier alpha value is -4.38. The van der Waals surface area contributed by atoms with Crippen molar-refractivity contribution in [3.63, 3.8) is 0 Å². The number of hydrogen-bond donors (Lipinski definition) is 3. The molecule has 3 aromatic rings. The molecule has 0 saturated carbocycles. The number of carbonyl (C=O) groups is 2. The average Bonchev–Trinajstić information content (AvgIpc) is 3.26. The standard InChI is InChI=1S/C30H34N4O6S/c1-20-14-16-21(17-15-20)41(38,39)33-29(34(2)3)31-18-8-13-27(28(35)36)32-30(37)40-19-26-24-11-6-4-9-22(24)23-10-5-7-12-25(23)26/h4-7,9-12,14-17,26-27H,8,13,18-19H2,1-3H3,(H,31,33)(H,32,37)(H,35,36)/t27-/m0/s1. The number of aliphatic imine (C=N–C) groups is 1. The third-order valence-corrected chi connectivity index (χ3v) is 8.17. The Morgan fingerprint density at radius 1 is 0.976 bits per heavy atom. The van der Waals surface area contributed by atoms with Crippen LogP contribution in [0.1, 0.15) is 35.4 Å². The van der Waals surface area contributed by atoms with Gasteiger partial charge in [0.15, 0.2) is 0 Å². The first kappa shape index (κ1) is 29.6. The maximum Gasteiger partial charge on any atom is 0.407 e. The van der Waals surface area contributed by atoms with E-state index in [1.54, 1.807) is 26.2 Å². The van der Waals surface area contributed by atoms with Crippen molar-refractivity contribution in [3.05, 3.63) is 89.5 Å². The Bertz CT molecular complexity index is 1490. The number of hydrogen-bond acceptors (Lipinski definition) is 6. The second kappa shape index (κ2) is 12.9. The van der Waals surface area contributed by atoms with Crippen molar-refractivity contribution in [1.82, 2.24) is 14.9 Å². The van der Waals surface area contributed by atoms with E-state index in [0.29, 0.717) is 0 Å². The lowest BCUT2D eigenvalue weighted by molar-refractivity contribution is -0.139. The number of rotatable bonds is 10. The molecule has 1 aliphatic rings. The Kier molecular flexibility index (Phi) is 9.28. The first-order chi connectivity index (χ1) is 19.6. The third kappa shape index (κ3) is 7.23. The van der Waals surface area contributed by atoms with Crippen LogP contribution in [0.25, 0.3) is 11.1 Å². The van der Waals surface area contributed by atoms with E-state index in [9.17, 15) is 23.1 Å². The van der Waals surface area contributed by atoms with Crippen molar-refractivity contribution in [2.24, 2.45) is 4.99 Å². The van der Waals surface area contributed by atoms with E-state index in [4.69, 9.17) is 4.74 Å². The van der Waals surface area contributed by atoms with Gasteiger partial charge in [-0.05, 0) is 54.2 Å². The summed E-state index contributed by atoms with van der Waals surface area (Å²) in [6.45, 7) is 2.08. The van der Waals surface area contributed by atoms with Gasteiger partial charge in [0.1, 0.15) is 12.6 Å². The molecular formula is C30H34N4O6S. The molecule has 0 saturated heterocycles. The van der Waals surface area contributed by atoms with Crippen molar-refractivity contribution < 1.29 is 27.9 Å². The number of aryl methyl sites for hydroxylation is 1. The summed E-state index contributed by atoms with van der Waals surface area (Å²) in [5.41, 5.74) is 5.25. The SMILES string of the molecule is Cc1ccc(S(=O)(=O)NC(=NCCC[C@H](NC(=O)OCC2c3ccccc3-c3ccccc32)C(=O)O)N(C)C)cc1. The van der Waals surface area contributed by atoms with Gasteiger partial charge in [0.25, 0.3) is 10.0 Å². The van der Waals surface area contributed by atoms with Crippen molar-refractivity contribution in [1.29, 1.82) is 0 Å². The summed E-state index contributed by atoms with van der Waals surface area (Å²) in [6, 6.07) is 21.1. The molecule has 11 heteroatoms. The number of aliphatic carboxylic acids is 1. The number of carboxylic acids is 1. The molecule has 216 valence electrons. The van der Waals surface area contributed by atoms with Gasteiger partial charge in [-0.1, -0.05) is 66.2 Å². The summed E-state index contributed by atoms with van der Waals surface area (Å²) in [6.07, 6.45) is -0.457. The van der Waals surface area contributed by atoms with E-state index in [2.05, 4.69) is 15.0 Å². The fourth-order valence-electron chi connectivity index (χ4n) is 4.68. The Morgan fingerprint density at radius 3 is 2.12 bits per heavy atom.